The number of anilines is 2. The molecule has 1 heterocycles. The molecule has 0 aliphatic heterocycles. The lowest BCUT2D eigenvalue weighted by Gasteiger charge is -2.18. The second-order valence-electron chi connectivity index (χ2n) is 5.48. The number of nitrogens with zero attached hydrogens (tertiary/aromatic N) is 2. The molecule has 1 aromatic heterocycles. The number of nitrogens with one attached hydrogen (secondary N) is 1. The number of benzene rings is 2. The molecular weight excluding hydrogens is 351 g/mol. The number of ether oxygens (including phenoxy) is 1. The van der Waals surface area contributed by atoms with Crippen molar-refractivity contribution < 1.29 is 18.7 Å². The average molecular weight is 366 g/mol. The van der Waals surface area contributed by atoms with Crippen LogP contribution < -0.4 is 11.1 Å². The number of halogens is 1. The van der Waals surface area contributed by atoms with Gasteiger partial charge in [-0.2, -0.15) is 0 Å². The molecule has 1 amide bonds. The van der Waals surface area contributed by atoms with E-state index in [1.165, 1.54) is 36.7 Å². The molecule has 0 spiro atoms. The lowest BCUT2D eigenvalue weighted by Crippen LogP contribution is -2.26. The van der Waals surface area contributed by atoms with E-state index in [4.69, 9.17) is 10.5 Å². The Balaban J connectivity index is 1.85. The van der Waals surface area contributed by atoms with Crippen LogP contribution in [0.15, 0.2) is 67.0 Å². The Kier molecular flexibility index (Phi) is 5.36. The third kappa shape index (κ3) is 4.43. The van der Waals surface area contributed by atoms with E-state index in [0.29, 0.717) is 11.3 Å². The summed E-state index contributed by atoms with van der Waals surface area (Å²) in [6.07, 6.45) is 1.37. The van der Waals surface area contributed by atoms with Gasteiger partial charge in [0.1, 0.15) is 5.82 Å². The minimum Gasteiger partial charge on any atom is -0.442 e. The molecule has 3 aromatic rings. The standard InChI is InChI=1S/C19H15FN4O3/c20-13-6-8-14(9-7-13)24-18(25)16(12-4-2-1-3-5-12)27-19(26)15-17(21)23-11-10-22-15/h1-11,16H,(H2,21,23)(H,24,25). The van der Waals surface area contributed by atoms with Crippen molar-refractivity contribution in [1.82, 2.24) is 9.97 Å². The Morgan fingerprint density at radius 1 is 1.00 bits per heavy atom. The van der Waals surface area contributed by atoms with E-state index >= 15 is 0 Å². The quantitative estimate of drug-likeness (QED) is 0.673. The van der Waals surface area contributed by atoms with Crippen LogP contribution >= 0.6 is 0 Å². The van der Waals surface area contributed by atoms with E-state index in [2.05, 4.69) is 15.3 Å². The molecule has 0 bridgehead atoms. The smallest absolute Gasteiger partial charge is 0.361 e. The average Bonchev–Trinajstić information content (AvgIpc) is 2.68. The molecule has 136 valence electrons. The molecule has 0 saturated carbocycles. The van der Waals surface area contributed by atoms with E-state index in [0.717, 1.165) is 0 Å². The zero-order chi connectivity index (χ0) is 19.2. The fourth-order valence-electron chi connectivity index (χ4n) is 2.31. The molecular formula is C19H15FN4O3. The number of nitrogens with two attached hydrogens (primary N) is 1. The van der Waals surface area contributed by atoms with Crippen molar-refractivity contribution in [3.8, 4) is 0 Å². The number of hydrogen-bond acceptors (Lipinski definition) is 6. The van der Waals surface area contributed by atoms with Crippen LogP contribution in [-0.4, -0.2) is 21.8 Å². The van der Waals surface area contributed by atoms with Gasteiger partial charge in [-0.25, -0.2) is 19.2 Å². The predicted molar refractivity (Wildman–Crippen MR) is 96.1 cm³/mol. The molecule has 2 aromatic carbocycles. The number of aromatic nitrogens is 2. The Labute approximate surface area is 154 Å². The fraction of sp³-hybridized carbons (Fsp3) is 0.0526. The van der Waals surface area contributed by atoms with Crippen LogP contribution in [0.2, 0.25) is 0 Å². The van der Waals surface area contributed by atoms with Crippen LogP contribution in [0.5, 0.6) is 0 Å². The Morgan fingerprint density at radius 3 is 2.33 bits per heavy atom. The molecule has 0 aliphatic rings. The van der Waals surface area contributed by atoms with Crippen LogP contribution in [0.1, 0.15) is 22.2 Å². The molecule has 0 fully saturated rings. The van der Waals surface area contributed by atoms with E-state index in [9.17, 15) is 14.0 Å². The van der Waals surface area contributed by atoms with Crippen LogP contribution in [0.4, 0.5) is 15.9 Å². The number of amides is 1. The van der Waals surface area contributed by atoms with Gasteiger partial charge in [0, 0.05) is 23.6 Å². The van der Waals surface area contributed by atoms with Crippen LogP contribution in [0.3, 0.4) is 0 Å². The first-order valence-corrected chi connectivity index (χ1v) is 7.93. The Bertz CT molecular complexity index is 949. The maximum Gasteiger partial charge on any atom is 0.361 e. The summed E-state index contributed by atoms with van der Waals surface area (Å²) < 4.78 is 18.4. The maximum atomic E-state index is 13.0. The third-order valence-electron chi connectivity index (χ3n) is 3.60. The number of nitrogen functional groups attached to an aromatic ring is 1. The Hall–Kier alpha value is -3.81. The summed E-state index contributed by atoms with van der Waals surface area (Å²) in [7, 11) is 0. The molecule has 7 nitrogen and oxygen atoms in total. The van der Waals surface area contributed by atoms with E-state index in [-0.39, 0.29) is 11.5 Å². The highest BCUT2D eigenvalue weighted by molar-refractivity contribution is 5.98. The summed E-state index contributed by atoms with van der Waals surface area (Å²) in [6.45, 7) is 0. The van der Waals surface area contributed by atoms with Crippen LogP contribution in [-0.2, 0) is 9.53 Å². The first-order chi connectivity index (χ1) is 13.0. The van der Waals surface area contributed by atoms with Crippen molar-refractivity contribution in [2.75, 3.05) is 11.1 Å². The molecule has 0 aliphatic carbocycles. The van der Waals surface area contributed by atoms with Gasteiger partial charge in [-0.1, -0.05) is 30.3 Å². The largest absolute Gasteiger partial charge is 0.442 e. The van der Waals surface area contributed by atoms with E-state index < -0.39 is 23.8 Å². The number of carbonyl (C=O) groups is 2. The van der Waals surface area contributed by atoms with Gasteiger partial charge in [0.2, 0.25) is 6.10 Å². The second-order valence-corrected chi connectivity index (χ2v) is 5.48. The summed E-state index contributed by atoms with van der Waals surface area (Å²) in [5.41, 5.74) is 6.26. The number of rotatable bonds is 5. The lowest BCUT2D eigenvalue weighted by molar-refractivity contribution is -0.125. The first kappa shape index (κ1) is 18.0. The van der Waals surface area contributed by atoms with Crippen molar-refractivity contribution in [2.45, 2.75) is 6.10 Å². The predicted octanol–water partition coefficient (Wildman–Crippen LogP) is 2.73. The molecule has 27 heavy (non-hydrogen) atoms. The van der Waals surface area contributed by atoms with Crippen molar-refractivity contribution in [2.24, 2.45) is 0 Å². The van der Waals surface area contributed by atoms with Gasteiger partial charge in [-0.3, -0.25) is 4.79 Å². The minimum atomic E-state index is -1.26. The minimum absolute atomic E-state index is 0.103. The van der Waals surface area contributed by atoms with Gasteiger partial charge in [0.25, 0.3) is 5.91 Å². The molecule has 8 heteroatoms. The monoisotopic (exact) mass is 366 g/mol. The molecule has 1 unspecified atom stereocenters. The normalized spacial score (nSPS) is 11.4. The highest BCUT2D eigenvalue weighted by Gasteiger charge is 2.27. The Morgan fingerprint density at radius 2 is 1.67 bits per heavy atom. The highest BCUT2D eigenvalue weighted by Crippen LogP contribution is 2.22. The number of carbonyl (C=O) groups excluding carboxylic acids is 2. The maximum absolute atomic E-state index is 13.0. The number of esters is 1. The summed E-state index contributed by atoms with van der Waals surface area (Å²) in [4.78, 5) is 32.7. The SMILES string of the molecule is Nc1nccnc1C(=O)OC(C(=O)Nc1ccc(F)cc1)c1ccccc1. The van der Waals surface area contributed by atoms with Crippen molar-refractivity contribution in [3.05, 3.63) is 84.1 Å². The zero-order valence-corrected chi connectivity index (χ0v) is 14.0. The summed E-state index contributed by atoms with van der Waals surface area (Å²) in [5.74, 6) is -2.03. The van der Waals surface area contributed by atoms with E-state index in [1.54, 1.807) is 30.3 Å². The van der Waals surface area contributed by atoms with Crippen molar-refractivity contribution in [3.63, 3.8) is 0 Å². The first-order valence-electron chi connectivity index (χ1n) is 7.93. The fourth-order valence-corrected chi connectivity index (χ4v) is 2.31. The van der Waals surface area contributed by atoms with Crippen molar-refractivity contribution >= 4 is 23.4 Å². The molecule has 0 radical (unpaired) electrons. The van der Waals surface area contributed by atoms with Crippen molar-refractivity contribution in [1.29, 1.82) is 0 Å². The summed E-state index contributed by atoms with van der Waals surface area (Å²) >= 11 is 0. The lowest BCUT2D eigenvalue weighted by atomic mass is 10.1. The van der Waals surface area contributed by atoms with Gasteiger partial charge >= 0.3 is 5.97 Å². The van der Waals surface area contributed by atoms with Gasteiger partial charge in [0.05, 0.1) is 0 Å². The highest BCUT2D eigenvalue weighted by atomic mass is 19.1. The third-order valence-corrected chi connectivity index (χ3v) is 3.60. The van der Waals surface area contributed by atoms with Crippen LogP contribution in [0.25, 0.3) is 0 Å². The van der Waals surface area contributed by atoms with Gasteiger partial charge < -0.3 is 15.8 Å². The number of hydrogen-bond donors (Lipinski definition) is 2. The molecule has 3 rings (SSSR count). The van der Waals surface area contributed by atoms with Gasteiger partial charge in [-0.15, -0.1) is 0 Å². The molecule has 3 N–H and O–H groups in total. The van der Waals surface area contributed by atoms with Gasteiger partial charge in [0.15, 0.2) is 11.5 Å². The summed E-state index contributed by atoms with van der Waals surface area (Å²) in [6, 6.07) is 13.7. The molecule has 1 atom stereocenters. The zero-order valence-electron chi connectivity index (χ0n) is 14.0. The van der Waals surface area contributed by atoms with E-state index in [1.807, 2.05) is 0 Å². The summed E-state index contributed by atoms with van der Waals surface area (Å²) in [5, 5.41) is 2.59. The molecule has 0 saturated heterocycles. The van der Waals surface area contributed by atoms with Gasteiger partial charge in [-0.05, 0) is 24.3 Å². The second kappa shape index (κ2) is 8.05. The van der Waals surface area contributed by atoms with Crippen LogP contribution in [0, 0.1) is 5.82 Å². The topological polar surface area (TPSA) is 107 Å².